The minimum Gasteiger partial charge on any atom is -0.464 e. The van der Waals surface area contributed by atoms with Gasteiger partial charge in [-0.05, 0) is 42.8 Å². The number of nitrogens with two attached hydrogens (primary N) is 1. The second-order valence-corrected chi connectivity index (χ2v) is 5.31. The minimum absolute atomic E-state index is 0.542. The lowest BCUT2D eigenvalue weighted by Crippen LogP contribution is -2.16. The molecule has 1 aromatic carbocycles. The number of benzene rings is 1. The van der Waals surface area contributed by atoms with E-state index in [9.17, 15) is 0 Å². The molecule has 2 aromatic rings. The van der Waals surface area contributed by atoms with E-state index in [1.165, 1.54) is 0 Å². The van der Waals surface area contributed by atoms with Crippen molar-refractivity contribution in [1.29, 1.82) is 0 Å². The third kappa shape index (κ3) is 3.15. The summed E-state index contributed by atoms with van der Waals surface area (Å²) in [6, 6.07) is 10.2. The van der Waals surface area contributed by atoms with Gasteiger partial charge in [0.15, 0.2) is 0 Å². The molecule has 3 nitrogen and oxygen atoms in total. The Hall–Kier alpha value is -1.26. The van der Waals surface area contributed by atoms with E-state index in [0.29, 0.717) is 6.54 Å². The summed E-state index contributed by atoms with van der Waals surface area (Å²) in [5.74, 6) is 1.90. The van der Waals surface area contributed by atoms with Crippen molar-refractivity contribution in [2.75, 3.05) is 11.9 Å². The summed E-state index contributed by atoms with van der Waals surface area (Å²) < 4.78 is 6.63. The molecule has 4 heteroatoms. The molecule has 0 amide bonds. The number of rotatable bonds is 4. The molecule has 0 aliphatic heterocycles. The molecule has 0 saturated heterocycles. The summed E-state index contributed by atoms with van der Waals surface area (Å²) in [6.07, 6.45) is 0. The van der Waals surface area contributed by atoms with Crippen LogP contribution in [-0.2, 0) is 13.1 Å². The van der Waals surface area contributed by atoms with Gasteiger partial charge in [0.1, 0.15) is 11.5 Å². The fraction of sp³-hybridized carbons (Fsp3) is 0.286. The van der Waals surface area contributed by atoms with Crippen molar-refractivity contribution in [2.24, 2.45) is 5.73 Å². The quantitative estimate of drug-likeness (QED) is 0.940. The van der Waals surface area contributed by atoms with Crippen LogP contribution in [0.5, 0.6) is 0 Å². The largest absolute Gasteiger partial charge is 0.464 e. The van der Waals surface area contributed by atoms with Crippen molar-refractivity contribution in [3.63, 3.8) is 0 Å². The highest BCUT2D eigenvalue weighted by molar-refractivity contribution is 9.10. The number of furan rings is 1. The summed E-state index contributed by atoms with van der Waals surface area (Å²) in [7, 11) is 2.04. The number of nitrogens with zero attached hydrogens (tertiary/aromatic N) is 1. The first-order valence-corrected chi connectivity index (χ1v) is 6.64. The van der Waals surface area contributed by atoms with Crippen molar-refractivity contribution in [1.82, 2.24) is 0 Å². The number of hydrogen-bond donors (Lipinski definition) is 1. The Morgan fingerprint density at radius 1 is 1.28 bits per heavy atom. The molecular weight excluding hydrogens is 292 g/mol. The van der Waals surface area contributed by atoms with Crippen LogP contribution in [0.15, 0.2) is 39.2 Å². The van der Waals surface area contributed by atoms with Gasteiger partial charge in [-0.2, -0.15) is 0 Å². The van der Waals surface area contributed by atoms with Crippen molar-refractivity contribution < 1.29 is 4.42 Å². The molecule has 1 heterocycles. The normalized spacial score (nSPS) is 10.7. The fourth-order valence-corrected chi connectivity index (χ4v) is 2.40. The van der Waals surface area contributed by atoms with Gasteiger partial charge in [-0.1, -0.05) is 15.9 Å². The summed E-state index contributed by atoms with van der Waals surface area (Å²) in [5, 5.41) is 0. The Kier molecular flexibility index (Phi) is 4.09. The Labute approximate surface area is 116 Å². The Morgan fingerprint density at radius 3 is 2.67 bits per heavy atom. The molecule has 0 radical (unpaired) electrons. The molecule has 0 bridgehead atoms. The second-order valence-electron chi connectivity index (χ2n) is 4.39. The van der Waals surface area contributed by atoms with Gasteiger partial charge >= 0.3 is 0 Å². The third-order valence-corrected chi connectivity index (χ3v) is 3.27. The monoisotopic (exact) mass is 308 g/mol. The summed E-state index contributed by atoms with van der Waals surface area (Å²) in [6.45, 7) is 3.24. The lowest BCUT2D eigenvalue weighted by molar-refractivity contribution is 0.482. The van der Waals surface area contributed by atoms with E-state index in [2.05, 4.69) is 33.0 Å². The maximum absolute atomic E-state index is 5.69. The van der Waals surface area contributed by atoms with E-state index in [1.54, 1.807) is 0 Å². The van der Waals surface area contributed by atoms with Crippen LogP contribution in [-0.4, -0.2) is 7.05 Å². The number of hydrogen-bond acceptors (Lipinski definition) is 3. The predicted octanol–water partition coefficient (Wildman–Crippen LogP) is 3.45. The third-order valence-electron chi connectivity index (χ3n) is 2.81. The van der Waals surface area contributed by atoms with Crippen LogP contribution in [0.1, 0.15) is 17.1 Å². The van der Waals surface area contributed by atoms with E-state index in [1.807, 2.05) is 32.2 Å². The van der Waals surface area contributed by atoms with Gasteiger partial charge in [0.25, 0.3) is 0 Å². The minimum atomic E-state index is 0.542. The molecule has 0 fully saturated rings. The average Bonchev–Trinajstić information content (AvgIpc) is 2.73. The molecular formula is C14H17BrN2O. The van der Waals surface area contributed by atoms with Crippen molar-refractivity contribution >= 4 is 21.6 Å². The van der Waals surface area contributed by atoms with Crippen LogP contribution in [0, 0.1) is 6.92 Å². The molecule has 0 unspecified atom stereocenters. The molecule has 0 aliphatic rings. The van der Waals surface area contributed by atoms with Crippen molar-refractivity contribution in [2.45, 2.75) is 20.0 Å². The summed E-state index contributed by atoms with van der Waals surface area (Å²) in [5.41, 5.74) is 7.92. The molecule has 18 heavy (non-hydrogen) atoms. The molecule has 1 aromatic heterocycles. The first kappa shape index (κ1) is 13.2. The first-order valence-electron chi connectivity index (χ1n) is 5.84. The van der Waals surface area contributed by atoms with Gasteiger partial charge in [0.2, 0.25) is 0 Å². The molecule has 0 spiro atoms. The van der Waals surface area contributed by atoms with E-state index in [0.717, 1.165) is 33.8 Å². The summed E-state index contributed by atoms with van der Waals surface area (Å²) in [4.78, 5) is 2.14. The highest BCUT2D eigenvalue weighted by Gasteiger charge is 2.07. The second kappa shape index (κ2) is 5.59. The molecule has 0 atom stereocenters. The molecule has 0 aliphatic carbocycles. The Morgan fingerprint density at radius 2 is 2.06 bits per heavy atom. The van der Waals surface area contributed by atoms with Crippen LogP contribution in [0.3, 0.4) is 0 Å². The van der Waals surface area contributed by atoms with E-state index < -0.39 is 0 Å². The molecule has 2 N–H and O–H groups in total. The van der Waals surface area contributed by atoms with E-state index >= 15 is 0 Å². The van der Waals surface area contributed by atoms with Gasteiger partial charge < -0.3 is 15.1 Å². The zero-order valence-electron chi connectivity index (χ0n) is 10.6. The van der Waals surface area contributed by atoms with E-state index in [-0.39, 0.29) is 0 Å². The van der Waals surface area contributed by atoms with Gasteiger partial charge in [-0.25, -0.2) is 0 Å². The number of aryl methyl sites for hydroxylation is 1. The average molecular weight is 309 g/mol. The maximum Gasteiger partial charge on any atom is 0.123 e. The van der Waals surface area contributed by atoms with E-state index in [4.69, 9.17) is 10.2 Å². The van der Waals surface area contributed by atoms with Crippen LogP contribution in [0.25, 0.3) is 0 Å². The van der Waals surface area contributed by atoms with Gasteiger partial charge in [-0.15, -0.1) is 0 Å². The molecule has 96 valence electrons. The van der Waals surface area contributed by atoms with Gasteiger partial charge in [-0.3, -0.25) is 0 Å². The first-order chi connectivity index (χ1) is 8.58. The van der Waals surface area contributed by atoms with Crippen LogP contribution >= 0.6 is 15.9 Å². The standard InChI is InChI=1S/C14H17BrN2O/c1-10-3-4-14(18-10)9-17(2)13-6-11(8-16)5-12(15)7-13/h3-7H,8-9,16H2,1-2H3. The lowest BCUT2D eigenvalue weighted by Gasteiger charge is -2.19. The smallest absolute Gasteiger partial charge is 0.123 e. The van der Waals surface area contributed by atoms with Crippen molar-refractivity contribution in [3.8, 4) is 0 Å². The zero-order chi connectivity index (χ0) is 13.1. The zero-order valence-corrected chi connectivity index (χ0v) is 12.2. The SMILES string of the molecule is Cc1ccc(CN(C)c2cc(Br)cc(CN)c2)o1. The van der Waals surface area contributed by atoms with Crippen molar-refractivity contribution in [3.05, 3.63) is 51.9 Å². The maximum atomic E-state index is 5.69. The molecule has 0 saturated carbocycles. The highest BCUT2D eigenvalue weighted by atomic mass is 79.9. The van der Waals surface area contributed by atoms with Crippen LogP contribution in [0.4, 0.5) is 5.69 Å². The Bertz CT molecular complexity index is 536. The molecule has 2 rings (SSSR count). The topological polar surface area (TPSA) is 42.4 Å². The number of anilines is 1. The van der Waals surface area contributed by atoms with Crippen LogP contribution in [0.2, 0.25) is 0 Å². The van der Waals surface area contributed by atoms with Gasteiger partial charge in [0.05, 0.1) is 6.54 Å². The highest BCUT2D eigenvalue weighted by Crippen LogP contribution is 2.23. The Balaban J connectivity index is 2.17. The number of halogens is 1. The fourth-order valence-electron chi connectivity index (χ4n) is 1.87. The van der Waals surface area contributed by atoms with Gasteiger partial charge in [0, 0.05) is 23.8 Å². The van der Waals surface area contributed by atoms with Crippen LogP contribution < -0.4 is 10.6 Å². The lowest BCUT2D eigenvalue weighted by atomic mass is 10.2. The predicted molar refractivity (Wildman–Crippen MR) is 77.6 cm³/mol. The summed E-state index contributed by atoms with van der Waals surface area (Å²) >= 11 is 3.51.